The zero-order valence-corrected chi connectivity index (χ0v) is 33.6. The van der Waals surface area contributed by atoms with Crippen LogP contribution in [0.4, 0.5) is 0 Å². The number of aromatic nitrogens is 1. The molecule has 8 heteroatoms. The molecule has 8 nitrogen and oxygen atoms in total. The predicted molar refractivity (Wildman–Crippen MR) is 217 cm³/mol. The van der Waals surface area contributed by atoms with Gasteiger partial charge in [0, 0.05) is 74.9 Å². The third-order valence-corrected chi connectivity index (χ3v) is 11.4. The summed E-state index contributed by atoms with van der Waals surface area (Å²) >= 11 is 0. The van der Waals surface area contributed by atoms with E-state index in [1.54, 1.807) is 0 Å². The van der Waals surface area contributed by atoms with Crippen molar-refractivity contribution in [3.8, 4) is 11.3 Å². The Morgan fingerprint density at radius 1 is 0.796 bits per heavy atom. The Balaban J connectivity index is 1.36. The van der Waals surface area contributed by atoms with Crippen LogP contribution in [-0.2, 0) is 50.7 Å². The summed E-state index contributed by atoms with van der Waals surface area (Å²) in [7, 11) is 6.10. The zero-order chi connectivity index (χ0) is 38.5. The number of hydrogen-bond donors (Lipinski definition) is 0. The molecule has 3 amide bonds. The maximum Gasteiger partial charge on any atom is 0.255 e. The van der Waals surface area contributed by atoms with E-state index in [0.717, 1.165) is 85.4 Å². The van der Waals surface area contributed by atoms with Gasteiger partial charge in [0.15, 0.2) is 0 Å². The van der Waals surface area contributed by atoms with Crippen molar-refractivity contribution in [1.82, 2.24) is 24.2 Å². The molecule has 1 aromatic heterocycles. The molecular weight excluding hydrogens is 671 g/mol. The predicted octanol–water partition coefficient (Wildman–Crippen LogP) is 7.82. The minimum Gasteiger partial charge on any atom is -0.347 e. The molecule has 0 fully saturated rings. The molecule has 3 aromatic carbocycles. The summed E-state index contributed by atoms with van der Waals surface area (Å²) in [4.78, 5) is 50.9. The van der Waals surface area contributed by atoms with Crippen LogP contribution < -0.4 is 0 Å². The lowest BCUT2D eigenvalue weighted by Crippen LogP contribution is -2.43. The second kappa shape index (κ2) is 17.2. The number of benzene rings is 3. The highest BCUT2D eigenvalue weighted by Gasteiger charge is 2.32. The molecule has 0 spiro atoms. The quantitative estimate of drug-likeness (QED) is 0.141. The van der Waals surface area contributed by atoms with Gasteiger partial charge in [-0.15, -0.1) is 0 Å². The highest BCUT2D eigenvalue weighted by atomic mass is 16.2. The van der Waals surface area contributed by atoms with Crippen LogP contribution in [0.3, 0.4) is 0 Å². The maximum atomic E-state index is 14.9. The Hall–Kier alpha value is -4.69. The van der Waals surface area contributed by atoms with Crippen molar-refractivity contribution >= 4 is 17.7 Å². The lowest BCUT2D eigenvalue weighted by Gasteiger charge is -2.36. The molecule has 0 saturated carbocycles. The molecule has 54 heavy (non-hydrogen) atoms. The van der Waals surface area contributed by atoms with Gasteiger partial charge in [-0.05, 0) is 105 Å². The number of fused-ring (bicyclic) bond motifs is 2. The number of carbonyl (C=O) groups is 3. The number of carbonyl (C=O) groups excluding carboxylic acids is 3. The Morgan fingerprint density at radius 2 is 1.50 bits per heavy atom. The molecule has 286 valence electrons. The van der Waals surface area contributed by atoms with Crippen LogP contribution in [0, 0.1) is 6.92 Å². The lowest BCUT2D eigenvalue weighted by atomic mass is 9.89. The second-order valence-electron chi connectivity index (χ2n) is 15.8. The van der Waals surface area contributed by atoms with E-state index < -0.39 is 0 Å². The summed E-state index contributed by atoms with van der Waals surface area (Å²) in [5.41, 5.74) is 10.8. The minimum atomic E-state index is -0.0183. The molecular formula is C46H59N5O3. The SMILES string of the molecule is CCCCN(CCCC)C(=O)c1cc(-c2cc3c(cc2C(=O)N2Cc4ccccc4C[C@H]2C)CN(C(=O)Cc2cccc(CN(C)C)c2)CC3)n(C)c1C. The Bertz CT molecular complexity index is 1990. The molecule has 0 bridgehead atoms. The van der Waals surface area contributed by atoms with E-state index in [9.17, 15) is 14.4 Å². The minimum absolute atomic E-state index is 0.0183. The average molecular weight is 730 g/mol. The fourth-order valence-electron chi connectivity index (χ4n) is 8.16. The molecule has 0 aliphatic carbocycles. The topological polar surface area (TPSA) is 69.1 Å². The fourth-order valence-corrected chi connectivity index (χ4v) is 8.16. The van der Waals surface area contributed by atoms with E-state index in [-0.39, 0.29) is 23.8 Å². The number of amides is 3. The van der Waals surface area contributed by atoms with Crippen molar-refractivity contribution in [2.45, 2.75) is 98.3 Å². The lowest BCUT2D eigenvalue weighted by molar-refractivity contribution is -0.131. The molecule has 0 unspecified atom stereocenters. The van der Waals surface area contributed by atoms with Crippen molar-refractivity contribution in [2.75, 3.05) is 33.7 Å². The molecule has 1 atom stereocenters. The summed E-state index contributed by atoms with van der Waals surface area (Å²) in [5.74, 6) is 0.137. The van der Waals surface area contributed by atoms with Crippen LogP contribution >= 0.6 is 0 Å². The van der Waals surface area contributed by atoms with Gasteiger partial charge in [-0.3, -0.25) is 14.4 Å². The van der Waals surface area contributed by atoms with Crippen molar-refractivity contribution in [3.63, 3.8) is 0 Å². The molecule has 2 aliphatic rings. The van der Waals surface area contributed by atoms with E-state index in [1.165, 1.54) is 16.7 Å². The smallest absolute Gasteiger partial charge is 0.255 e. The van der Waals surface area contributed by atoms with E-state index in [4.69, 9.17) is 0 Å². The van der Waals surface area contributed by atoms with Crippen LogP contribution in [0.25, 0.3) is 11.3 Å². The summed E-state index contributed by atoms with van der Waals surface area (Å²) in [6.07, 6.45) is 5.84. The van der Waals surface area contributed by atoms with Gasteiger partial charge in [-0.25, -0.2) is 0 Å². The van der Waals surface area contributed by atoms with Gasteiger partial charge in [0.1, 0.15) is 0 Å². The molecule has 2 aliphatic heterocycles. The van der Waals surface area contributed by atoms with Gasteiger partial charge in [-0.2, -0.15) is 0 Å². The van der Waals surface area contributed by atoms with Crippen LogP contribution in [0.1, 0.15) is 106 Å². The van der Waals surface area contributed by atoms with Crippen LogP contribution in [0.2, 0.25) is 0 Å². The van der Waals surface area contributed by atoms with E-state index in [0.29, 0.717) is 43.6 Å². The third-order valence-electron chi connectivity index (χ3n) is 11.4. The molecule has 0 radical (unpaired) electrons. The highest BCUT2D eigenvalue weighted by Crippen LogP contribution is 2.35. The summed E-state index contributed by atoms with van der Waals surface area (Å²) in [6, 6.07) is 23.0. The first-order chi connectivity index (χ1) is 26.0. The fraction of sp³-hybridized carbons (Fsp3) is 0.457. The molecule has 3 heterocycles. The summed E-state index contributed by atoms with van der Waals surface area (Å²) in [5, 5.41) is 0. The average Bonchev–Trinajstić information content (AvgIpc) is 3.46. The number of rotatable bonds is 13. The highest BCUT2D eigenvalue weighted by molar-refractivity contribution is 6.03. The first-order valence-electron chi connectivity index (χ1n) is 20.0. The summed E-state index contributed by atoms with van der Waals surface area (Å²) in [6.45, 7) is 12.4. The largest absolute Gasteiger partial charge is 0.347 e. The Kier molecular flexibility index (Phi) is 12.4. The van der Waals surface area contributed by atoms with E-state index in [2.05, 4.69) is 72.7 Å². The normalized spacial score (nSPS) is 15.3. The van der Waals surface area contributed by atoms with Crippen LogP contribution in [0.15, 0.2) is 66.7 Å². The zero-order valence-electron chi connectivity index (χ0n) is 33.6. The van der Waals surface area contributed by atoms with E-state index in [1.807, 2.05) is 67.0 Å². The van der Waals surface area contributed by atoms with Crippen LogP contribution in [-0.4, -0.2) is 81.7 Å². The second-order valence-corrected chi connectivity index (χ2v) is 15.8. The van der Waals surface area contributed by atoms with Crippen LogP contribution in [0.5, 0.6) is 0 Å². The standard InChI is InChI=1S/C46H59N5O3/c1-8-10-20-49(21-11-9-2)45(53)40-28-43(48(7)33(40)4)41-26-37-19-22-50(44(52)25-34-15-14-16-35(24-34)29-47(5)6)30-39(37)27-42(41)46(54)51-31-38-18-13-12-17-36(38)23-32(51)3/h12-18,24,26-28,32H,8-11,19-23,25,29-31H2,1-7H3/t32-/m1/s1. The molecule has 4 aromatic rings. The Morgan fingerprint density at radius 3 is 2.20 bits per heavy atom. The van der Waals surface area contributed by atoms with Crippen molar-refractivity contribution in [2.24, 2.45) is 7.05 Å². The van der Waals surface area contributed by atoms with Gasteiger partial charge in [-0.1, -0.05) is 75.2 Å². The van der Waals surface area contributed by atoms with Gasteiger partial charge >= 0.3 is 0 Å². The van der Waals surface area contributed by atoms with Crippen molar-refractivity contribution in [3.05, 3.63) is 117 Å². The van der Waals surface area contributed by atoms with Gasteiger partial charge in [0.05, 0.1) is 12.0 Å². The molecule has 0 N–H and O–H groups in total. The van der Waals surface area contributed by atoms with Gasteiger partial charge < -0.3 is 24.2 Å². The molecule has 6 rings (SSSR count). The third kappa shape index (κ3) is 8.49. The first-order valence-corrected chi connectivity index (χ1v) is 20.0. The number of hydrogen-bond acceptors (Lipinski definition) is 4. The van der Waals surface area contributed by atoms with Gasteiger partial charge in [0.2, 0.25) is 5.91 Å². The van der Waals surface area contributed by atoms with E-state index >= 15 is 0 Å². The van der Waals surface area contributed by atoms with Gasteiger partial charge in [0.25, 0.3) is 11.8 Å². The van der Waals surface area contributed by atoms with Crippen molar-refractivity contribution in [1.29, 1.82) is 0 Å². The monoisotopic (exact) mass is 729 g/mol. The number of nitrogens with zero attached hydrogens (tertiary/aromatic N) is 5. The maximum absolute atomic E-state index is 14.9. The Labute approximate surface area is 322 Å². The first kappa shape index (κ1) is 39.0. The molecule has 0 saturated heterocycles. The summed E-state index contributed by atoms with van der Waals surface area (Å²) < 4.78 is 2.08. The number of unbranched alkanes of at least 4 members (excludes halogenated alkanes) is 2. The van der Waals surface area contributed by atoms with Crippen molar-refractivity contribution < 1.29 is 14.4 Å².